The molecule has 0 bridgehead atoms. The number of thioether (sulfide) groups is 1. The zero-order valence-electron chi connectivity index (χ0n) is 11.8. The van der Waals surface area contributed by atoms with Crippen LogP contribution in [0, 0.1) is 11.3 Å². The lowest BCUT2D eigenvalue weighted by atomic mass is 10.2. The number of carbonyl (C=O) groups excluding carboxylic acids is 1. The lowest BCUT2D eigenvalue weighted by Gasteiger charge is -2.23. The van der Waals surface area contributed by atoms with Crippen molar-refractivity contribution in [1.29, 1.82) is 5.26 Å². The Bertz CT molecular complexity index is 539. The van der Waals surface area contributed by atoms with Gasteiger partial charge in [-0.3, -0.25) is 15.1 Å². The van der Waals surface area contributed by atoms with Crippen LogP contribution in [-0.4, -0.2) is 40.2 Å². The number of rotatable bonds is 2. The Hall–Kier alpha value is -1.00. The summed E-state index contributed by atoms with van der Waals surface area (Å²) in [5.74, 6) is 0.818. The number of likely N-dealkylation sites (tertiary alicyclic amines) is 1. The van der Waals surface area contributed by atoms with Crippen molar-refractivity contribution in [3.8, 4) is 6.07 Å². The van der Waals surface area contributed by atoms with Gasteiger partial charge in [-0.2, -0.15) is 5.26 Å². The molecule has 2 fully saturated rings. The smallest absolute Gasteiger partial charge is 0.241 e. The van der Waals surface area contributed by atoms with E-state index in [0.717, 1.165) is 24.2 Å². The van der Waals surface area contributed by atoms with Gasteiger partial charge >= 0.3 is 0 Å². The summed E-state index contributed by atoms with van der Waals surface area (Å²) in [6.07, 6.45) is 5.26. The van der Waals surface area contributed by atoms with E-state index in [-0.39, 0.29) is 48.2 Å². The fraction of sp³-hybridized carbons (Fsp3) is 0.500. The molecule has 8 heteroatoms. The SMILES string of the molecule is Cl.Cl.N#C[C@@H]1CCCN1C(=O)[C@@H]1CSC(c2ccncc2)N1. The van der Waals surface area contributed by atoms with Crippen LogP contribution in [0.15, 0.2) is 24.5 Å². The molecule has 0 aliphatic carbocycles. The van der Waals surface area contributed by atoms with Gasteiger partial charge in [0.2, 0.25) is 5.91 Å². The van der Waals surface area contributed by atoms with E-state index in [2.05, 4.69) is 16.4 Å². The third-order valence-electron chi connectivity index (χ3n) is 3.77. The molecule has 1 unspecified atom stereocenters. The van der Waals surface area contributed by atoms with Crippen LogP contribution < -0.4 is 5.32 Å². The molecule has 0 saturated carbocycles. The van der Waals surface area contributed by atoms with Gasteiger partial charge in [-0.15, -0.1) is 36.6 Å². The first-order chi connectivity index (χ1) is 9.79. The van der Waals surface area contributed by atoms with Crippen molar-refractivity contribution in [3.63, 3.8) is 0 Å². The minimum atomic E-state index is -0.241. The van der Waals surface area contributed by atoms with Gasteiger partial charge in [0.25, 0.3) is 0 Å². The van der Waals surface area contributed by atoms with Crippen LogP contribution in [0.1, 0.15) is 23.8 Å². The van der Waals surface area contributed by atoms with Crippen molar-refractivity contribution in [2.24, 2.45) is 0 Å². The fourth-order valence-electron chi connectivity index (χ4n) is 2.71. The molecule has 2 aliphatic rings. The summed E-state index contributed by atoms with van der Waals surface area (Å²) >= 11 is 1.73. The number of carbonyl (C=O) groups is 1. The highest BCUT2D eigenvalue weighted by Gasteiger charge is 2.37. The van der Waals surface area contributed by atoms with E-state index in [1.807, 2.05) is 12.1 Å². The summed E-state index contributed by atoms with van der Waals surface area (Å²) < 4.78 is 0. The van der Waals surface area contributed by atoms with Crippen LogP contribution in [0.3, 0.4) is 0 Å². The molecular weight excluding hydrogens is 343 g/mol. The first-order valence-corrected chi connectivity index (χ1v) is 7.82. The molecule has 2 aliphatic heterocycles. The molecule has 2 saturated heterocycles. The minimum absolute atomic E-state index is 0. The van der Waals surface area contributed by atoms with Gasteiger partial charge in [0, 0.05) is 24.7 Å². The van der Waals surface area contributed by atoms with Gasteiger partial charge < -0.3 is 4.90 Å². The Morgan fingerprint density at radius 3 is 2.82 bits per heavy atom. The zero-order valence-corrected chi connectivity index (χ0v) is 14.3. The topological polar surface area (TPSA) is 69.0 Å². The predicted octanol–water partition coefficient (Wildman–Crippen LogP) is 2.14. The largest absolute Gasteiger partial charge is 0.325 e. The van der Waals surface area contributed by atoms with Crippen LogP contribution in [-0.2, 0) is 4.79 Å². The average Bonchev–Trinajstić information content (AvgIpc) is 3.16. The van der Waals surface area contributed by atoms with Gasteiger partial charge in [0.05, 0.1) is 17.5 Å². The van der Waals surface area contributed by atoms with Crippen LogP contribution in [0.5, 0.6) is 0 Å². The van der Waals surface area contributed by atoms with Crippen LogP contribution in [0.2, 0.25) is 0 Å². The number of nitrogens with one attached hydrogen (secondary N) is 1. The number of halogens is 2. The van der Waals surface area contributed by atoms with Gasteiger partial charge in [-0.05, 0) is 30.5 Å². The monoisotopic (exact) mass is 360 g/mol. The minimum Gasteiger partial charge on any atom is -0.325 e. The lowest BCUT2D eigenvalue weighted by Crippen LogP contribution is -2.46. The summed E-state index contributed by atoms with van der Waals surface area (Å²) in [5.41, 5.74) is 1.14. The molecule has 0 aromatic carbocycles. The van der Waals surface area contributed by atoms with Crippen LogP contribution in [0.4, 0.5) is 0 Å². The van der Waals surface area contributed by atoms with Gasteiger partial charge in [0.1, 0.15) is 6.04 Å². The Labute approximate surface area is 146 Å². The number of nitriles is 1. The number of hydrogen-bond acceptors (Lipinski definition) is 5. The van der Waals surface area contributed by atoms with Crippen LogP contribution in [0.25, 0.3) is 0 Å². The molecule has 0 spiro atoms. The molecule has 1 aromatic rings. The molecule has 1 N–H and O–H groups in total. The van der Waals surface area contributed by atoms with E-state index < -0.39 is 0 Å². The van der Waals surface area contributed by atoms with Crippen molar-refractivity contribution in [2.75, 3.05) is 12.3 Å². The fourth-order valence-corrected chi connectivity index (χ4v) is 3.94. The van der Waals surface area contributed by atoms with Crippen molar-refractivity contribution in [3.05, 3.63) is 30.1 Å². The molecule has 3 atom stereocenters. The van der Waals surface area contributed by atoms with Crippen molar-refractivity contribution >= 4 is 42.5 Å². The second-order valence-electron chi connectivity index (χ2n) is 5.03. The summed E-state index contributed by atoms with van der Waals surface area (Å²) in [7, 11) is 0. The molecule has 1 amide bonds. The van der Waals surface area contributed by atoms with Gasteiger partial charge in [-0.25, -0.2) is 0 Å². The first-order valence-electron chi connectivity index (χ1n) is 6.77. The molecular formula is C14H18Cl2N4OS. The Morgan fingerprint density at radius 1 is 1.41 bits per heavy atom. The van der Waals surface area contributed by atoms with E-state index in [1.165, 1.54) is 0 Å². The van der Waals surface area contributed by atoms with E-state index in [0.29, 0.717) is 6.54 Å². The molecule has 22 heavy (non-hydrogen) atoms. The summed E-state index contributed by atoms with van der Waals surface area (Å²) in [5, 5.41) is 12.6. The van der Waals surface area contributed by atoms with Crippen molar-refractivity contribution in [1.82, 2.24) is 15.2 Å². The van der Waals surface area contributed by atoms with E-state index >= 15 is 0 Å². The maximum Gasteiger partial charge on any atom is 0.241 e. The first kappa shape index (κ1) is 19.0. The molecule has 3 rings (SSSR count). The highest BCUT2D eigenvalue weighted by Crippen LogP contribution is 2.33. The number of pyridine rings is 1. The predicted molar refractivity (Wildman–Crippen MR) is 91.2 cm³/mol. The zero-order chi connectivity index (χ0) is 13.9. The molecule has 120 valence electrons. The van der Waals surface area contributed by atoms with E-state index in [4.69, 9.17) is 5.26 Å². The van der Waals surface area contributed by atoms with Crippen LogP contribution >= 0.6 is 36.6 Å². The summed E-state index contributed by atoms with van der Waals surface area (Å²) in [4.78, 5) is 18.2. The maximum absolute atomic E-state index is 12.5. The second-order valence-corrected chi connectivity index (χ2v) is 6.17. The summed E-state index contributed by atoms with van der Waals surface area (Å²) in [6, 6.07) is 5.72. The number of hydrogen-bond donors (Lipinski definition) is 1. The second kappa shape index (κ2) is 8.59. The number of nitrogens with zero attached hydrogens (tertiary/aromatic N) is 3. The van der Waals surface area contributed by atoms with Gasteiger partial charge in [0.15, 0.2) is 0 Å². The third kappa shape index (κ3) is 3.85. The maximum atomic E-state index is 12.5. The standard InChI is InChI=1S/C14H16N4OS.2ClH/c15-8-11-2-1-7-18(11)14(19)12-9-20-13(17-12)10-3-5-16-6-4-10;;/h3-6,11-13,17H,1-2,7,9H2;2*1H/t11-,12-,13?;;/m0../s1. The third-order valence-corrected chi connectivity index (χ3v) is 5.04. The van der Waals surface area contributed by atoms with E-state index in [1.54, 1.807) is 29.1 Å². The number of aromatic nitrogens is 1. The molecule has 0 radical (unpaired) electrons. The normalized spacial score (nSPS) is 26.7. The highest BCUT2D eigenvalue weighted by molar-refractivity contribution is 7.99. The lowest BCUT2D eigenvalue weighted by molar-refractivity contribution is -0.132. The average molecular weight is 361 g/mol. The molecule has 5 nitrogen and oxygen atoms in total. The quantitative estimate of drug-likeness (QED) is 0.874. The highest BCUT2D eigenvalue weighted by atomic mass is 35.5. The van der Waals surface area contributed by atoms with Crippen molar-refractivity contribution in [2.45, 2.75) is 30.3 Å². The Kier molecular flexibility index (Phi) is 7.43. The Balaban J connectivity index is 0.00000121. The number of amides is 1. The molecule has 3 heterocycles. The summed E-state index contributed by atoms with van der Waals surface area (Å²) in [6.45, 7) is 0.708. The molecule has 1 aromatic heterocycles. The van der Waals surface area contributed by atoms with Gasteiger partial charge in [-0.1, -0.05) is 0 Å². The Morgan fingerprint density at radius 2 is 2.14 bits per heavy atom. The van der Waals surface area contributed by atoms with Crippen molar-refractivity contribution < 1.29 is 4.79 Å². The van der Waals surface area contributed by atoms with E-state index in [9.17, 15) is 4.79 Å².